The summed E-state index contributed by atoms with van der Waals surface area (Å²) in [6, 6.07) is 1.47. The van der Waals surface area contributed by atoms with Crippen molar-refractivity contribution in [3.8, 4) is 0 Å². The van der Waals surface area contributed by atoms with E-state index in [-0.39, 0.29) is 10.7 Å². The smallest absolute Gasteiger partial charge is 0.184 e. The highest BCUT2D eigenvalue weighted by atomic mass is 79.9. The van der Waals surface area contributed by atoms with Gasteiger partial charge in [0.1, 0.15) is 10.7 Å². The standard InChI is InChI=1S/C8H11BrN2O2S/c1-5(2)14(12,13)7-3-6(9)4-11-8(7)10/h3-5H,1-2H3,(H2,10,11). The Bertz CT molecular complexity index is 443. The van der Waals surface area contributed by atoms with Crippen molar-refractivity contribution in [1.82, 2.24) is 4.98 Å². The molecule has 0 spiro atoms. The van der Waals surface area contributed by atoms with Gasteiger partial charge in [0.25, 0.3) is 0 Å². The van der Waals surface area contributed by atoms with Crippen LogP contribution < -0.4 is 5.73 Å². The number of nitrogens with zero attached hydrogens (tertiary/aromatic N) is 1. The van der Waals surface area contributed by atoms with Crippen LogP contribution in [-0.4, -0.2) is 18.7 Å². The second kappa shape index (κ2) is 3.86. The summed E-state index contributed by atoms with van der Waals surface area (Å²) in [6.07, 6.45) is 1.47. The van der Waals surface area contributed by atoms with Gasteiger partial charge in [0.05, 0.1) is 5.25 Å². The zero-order valence-electron chi connectivity index (χ0n) is 7.86. The maximum absolute atomic E-state index is 11.8. The number of pyridine rings is 1. The van der Waals surface area contributed by atoms with Gasteiger partial charge in [-0.25, -0.2) is 13.4 Å². The molecule has 0 aromatic carbocycles. The molecule has 14 heavy (non-hydrogen) atoms. The number of hydrogen-bond acceptors (Lipinski definition) is 4. The third-order valence-electron chi connectivity index (χ3n) is 1.78. The minimum atomic E-state index is -3.35. The first-order valence-corrected chi connectivity index (χ1v) is 6.34. The van der Waals surface area contributed by atoms with E-state index in [2.05, 4.69) is 20.9 Å². The molecule has 1 rings (SSSR count). The summed E-state index contributed by atoms with van der Waals surface area (Å²) in [5, 5.41) is -0.499. The van der Waals surface area contributed by atoms with E-state index in [9.17, 15) is 8.42 Å². The topological polar surface area (TPSA) is 73.0 Å². The highest BCUT2D eigenvalue weighted by Crippen LogP contribution is 2.23. The van der Waals surface area contributed by atoms with E-state index in [0.717, 1.165) is 0 Å². The summed E-state index contributed by atoms with van der Waals surface area (Å²) in [5.41, 5.74) is 5.50. The number of rotatable bonds is 2. The minimum absolute atomic E-state index is 0.0434. The Balaban J connectivity index is 3.40. The van der Waals surface area contributed by atoms with Crippen LogP contribution in [0.5, 0.6) is 0 Å². The molecule has 0 saturated heterocycles. The SMILES string of the molecule is CC(C)S(=O)(=O)c1cc(Br)cnc1N. The lowest BCUT2D eigenvalue weighted by atomic mass is 10.5. The van der Waals surface area contributed by atoms with E-state index in [4.69, 9.17) is 5.73 Å². The molecular weight excluding hydrogens is 268 g/mol. The van der Waals surface area contributed by atoms with Crippen LogP contribution in [0.2, 0.25) is 0 Å². The van der Waals surface area contributed by atoms with Crippen LogP contribution >= 0.6 is 15.9 Å². The van der Waals surface area contributed by atoms with Gasteiger partial charge >= 0.3 is 0 Å². The van der Waals surface area contributed by atoms with Crippen LogP contribution in [0.4, 0.5) is 5.82 Å². The Hall–Kier alpha value is -0.620. The second-order valence-corrected chi connectivity index (χ2v) is 6.52. The van der Waals surface area contributed by atoms with Crippen molar-refractivity contribution in [2.24, 2.45) is 0 Å². The maximum Gasteiger partial charge on any atom is 0.184 e. The van der Waals surface area contributed by atoms with E-state index < -0.39 is 15.1 Å². The summed E-state index contributed by atoms with van der Waals surface area (Å²) in [6.45, 7) is 3.21. The molecule has 0 aliphatic carbocycles. The molecule has 1 heterocycles. The van der Waals surface area contributed by atoms with Crippen LogP contribution in [-0.2, 0) is 9.84 Å². The molecule has 0 bridgehead atoms. The van der Waals surface area contributed by atoms with Crippen LogP contribution in [0.15, 0.2) is 21.6 Å². The molecule has 0 fully saturated rings. The highest BCUT2D eigenvalue weighted by Gasteiger charge is 2.22. The monoisotopic (exact) mass is 278 g/mol. The van der Waals surface area contributed by atoms with Gasteiger partial charge in [-0.3, -0.25) is 0 Å². The second-order valence-electron chi connectivity index (χ2n) is 3.13. The maximum atomic E-state index is 11.8. The lowest BCUT2D eigenvalue weighted by Gasteiger charge is -2.09. The van der Waals surface area contributed by atoms with Crippen molar-refractivity contribution in [3.63, 3.8) is 0 Å². The van der Waals surface area contributed by atoms with E-state index in [1.165, 1.54) is 12.3 Å². The quantitative estimate of drug-likeness (QED) is 0.892. The van der Waals surface area contributed by atoms with E-state index in [1.807, 2.05) is 0 Å². The fourth-order valence-electron chi connectivity index (χ4n) is 0.913. The van der Waals surface area contributed by atoms with Gasteiger partial charge in [0.2, 0.25) is 0 Å². The number of nitrogens with two attached hydrogens (primary N) is 1. The molecule has 0 amide bonds. The Morgan fingerprint density at radius 2 is 2.07 bits per heavy atom. The first-order chi connectivity index (χ1) is 6.35. The molecule has 6 heteroatoms. The predicted molar refractivity (Wildman–Crippen MR) is 58.7 cm³/mol. The molecule has 0 saturated carbocycles. The van der Waals surface area contributed by atoms with Crippen molar-refractivity contribution >= 4 is 31.6 Å². The summed E-state index contributed by atoms with van der Waals surface area (Å²) in [7, 11) is -3.35. The molecule has 1 aromatic heterocycles. The van der Waals surface area contributed by atoms with Crippen molar-refractivity contribution < 1.29 is 8.42 Å². The molecule has 0 unspecified atom stereocenters. The molecule has 4 nitrogen and oxygen atoms in total. The highest BCUT2D eigenvalue weighted by molar-refractivity contribution is 9.10. The fraction of sp³-hybridized carbons (Fsp3) is 0.375. The van der Waals surface area contributed by atoms with Gasteiger partial charge < -0.3 is 5.73 Å². The number of hydrogen-bond donors (Lipinski definition) is 1. The third-order valence-corrected chi connectivity index (χ3v) is 4.39. The van der Waals surface area contributed by atoms with Gasteiger partial charge in [-0.2, -0.15) is 0 Å². The predicted octanol–water partition coefficient (Wildman–Crippen LogP) is 1.61. The van der Waals surface area contributed by atoms with Crippen molar-refractivity contribution in [1.29, 1.82) is 0 Å². The van der Waals surface area contributed by atoms with E-state index in [0.29, 0.717) is 4.47 Å². The third kappa shape index (κ3) is 2.06. The zero-order chi connectivity index (χ0) is 10.9. The Labute approximate surface area is 91.6 Å². The van der Waals surface area contributed by atoms with Crippen LogP contribution in [0.3, 0.4) is 0 Å². The van der Waals surface area contributed by atoms with Crippen molar-refractivity contribution in [2.45, 2.75) is 24.0 Å². The molecule has 0 aliphatic rings. The fourth-order valence-corrected chi connectivity index (χ4v) is 2.54. The van der Waals surface area contributed by atoms with Crippen molar-refractivity contribution in [3.05, 3.63) is 16.7 Å². The molecule has 0 atom stereocenters. The molecule has 2 N–H and O–H groups in total. The van der Waals surface area contributed by atoms with Crippen molar-refractivity contribution in [2.75, 3.05) is 5.73 Å². The summed E-state index contributed by atoms with van der Waals surface area (Å²) in [5.74, 6) is 0.0434. The lowest BCUT2D eigenvalue weighted by molar-refractivity contribution is 0.587. The van der Waals surface area contributed by atoms with E-state index >= 15 is 0 Å². The lowest BCUT2D eigenvalue weighted by Crippen LogP contribution is -2.16. The first kappa shape index (κ1) is 11.5. The molecule has 0 aliphatic heterocycles. The van der Waals surface area contributed by atoms with Gasteiger partial charge in [-0.1, -0.05) is 0 Å². The molecular formula is C8H11BrN2O2S. The number of aromatic nitrogens is 1. The van der Waals surface area contributed by atoms with Gasteiger partial charge in [-0.15, -0.1) is 0 Å². The molecule has 78 valence electrons. The number of anilines is 1. The number of sulfone groups is 1. The van der Waals surface area contributed by atoms with Gasteiger partial charge in [0.15, 0.2) is 9.84 Å². The molecule has 0 radical (unpaired) electrons. The van der Waals surface area contributed by atoms with Crippen LogP contribution in [0.1, 0.15) is 13.8 Å². The minimum Gasteiger partial charge on any atom is -0.383 e. The van der Waals surface area contributed by atoms with Gasteiger partial charge in [0, 0.05) is 10.7 Å². The van der Waals surface area contributed by atoms with Gasteiger partial charge in [-0.05, 0) is 35.8 Å². The largest absolute Gasteiger partial charge is 0.383 e. The normalized spacial score (nSPS) is 12.0. The summed E-state index contributed by atoms with van der Waals surface area (Å²) >= 11 is 3.16. The summed E-state index contributed by atoms with van der Waals surface area (Å²) in [4.78, 5) is 3.86. The average Bonchev–Trinajstić information content (AvgIpc) is 2.08. The average molecular weight is 279 g/mol. The van der Waals surface area contributed by atoms with Crippen LogP contribution in [0.25, 0.3) is 0 Å². The number of nitrogen functional groups attached to an aromatic ring is 1. The Morgan fingerprint density at radius 3 is 2.57 bits per heavy atom. The summed E-state index contributed by atoms with van der Waals surface area (Å²) < 4.78 is 24.1. The van der Waals surface area contributed by atoms with Crippen LogP contribution in [0, 0.1) is 0 Å². The Morgan fingerprint density at radius 1 is 1.50 bits per heavy atom. The Kier molecular flexibility index (Phi) is 3.16. The zero-order valence-corrected chi connectivity index (χ0v) is 10.3. The molecule has 1 aromatic rings. The van der Waals surface area contributed by atoms with E-state index in [1.54, 1.807) is 13.8 Å². The first-order valence-electron chi connectivity index (χ1n) is 4.00. The number of halogens is 1.